The Morgan fingerprint density at radius 3 is 2.48 bits per heavy atom. The second-order valence-electron chi connectivity index (χ2n) is 8.93. The third kappa shape index (κ3) is 4.74. The van der Waals surface area contributed by atoms with Crippen molar-refractivity contribution in [1.29, 1.82) is 0 Å². The first-order chi connectivity index (χ1) is 15.8. The van der Waals surface area contributed by atoms with Gasteiger partial charge in [0.1, 0.15) is 0 Å². The average Bonchev–Trinajstić information content (AvgIpc) is 2.92. The number of aromatic nitrogens is 3. The van der Waals surface area contributed by atoms with Gasteiger partial charge in [0.2, 0.25) is 23.2 Å². The number of anilines is 1. The fourth-order valence-corrected chi connectivity index (χ4v) is 4.69. The van der Waals surface area contributed by atoms with Gasteiger partial charge in [0.05, 0.1) is 5.69 Å². The molecule has 0 bridgehead atoms. The lowest BCUT2D eigenvalue weighted by Crippen LogP contribution is -2.37. The molecule has 0 N–H and O–H groups in total. The zero-order valence-electron chi connectivity index (χ0n) is 20.0. The van der Waals surface area contributed by atoms with Crippen molar-refractivity contribution in [3.8, 4) is 17.1 Å². The van der Waals surface area contributed by atoms with Crippen LogP contribution in [0.1, 0.15) is 55.7 Å². The molecule has 7 heteroatoms. The molecular weight excluding hydrogens is 432 g/mol. The summed E-state index contributed by atoms with van der Waals surface area (Å²) in [4.78, 5) is 19.9. The van der Waals surface area contributed by atoms with Crippen LogP contribution in [-0.2, 0) is 4.79 Å². The van der Waals surface area contributed by atoms with Gasteiger partial charge in [-0.25, -0.2) is 0 Å². The summed E-state index contributed by atoms with van der Waals surface area (Å²) < 4.78 is 6.52. The lowest BCUT2D eigenvalue weighted by Gasteiger charge is -2.32. The molecular formula is C26H30N4O2S. The molecule has 0 unspecified atom stereocenters. The summed E-state index contributed by atoms with van der Waals surface area (Å²) in [6, 6.07) is 12.2. The Balaban J connectivity index is 1.95. The van der Waals surface area contributed by atoms with Gasteiger partial charge < -0.3 is 4.74 Å². The Hall–Kier alpha value is -2.93. The summed E-state index contributed by atoms with van der Waals surface area (Å²) in [7, 11) is 0. The van der Waals surface area contributed by atoms with E-state index in [1.54, 1.807) is 16.7 Å². The van der Waals surface area contributed by atoms with Crippen molar-refractivity contribution in [1.82, 2.24) is 15.2 Å². The summed E-state index contributed by atoms with van der Waals surface area (Å²) in [6.07, 6.45) is -0.303. The Morgan fingerprint density at radius 1 is 1.09 bits per heavy atom. The Kier molecular flexibility index (Phi) is 6.70. The first kappa shape index (κ1) is 23.2. The van der Waals surface area contributed by atoms with Gasteiger partial charge in [0.25, 0.3) is 0 Å². The molecule has 4 rings (SSSR count). The van der Waals surface area contributed by atoms with Gasteiger partial charge in [-0.3, -0.25) is 9.69 Å². The zero-order chi connectivity index (χ0) is 23.7. The second-order valence-corrected chi connectivity index (χ2v) is 9.92. The van der Waals surface area contributed by atoms with E-state index in [0.717, 1.165) is 39.3 Å². The van der Waals surface area contributed by atoms with Gasteiger partial charge in [-0.05, 0) is 38.3 Å². The van der Waals surface area contributed by atoms with Crippen LogP contribution in [0.4, 0.5) is 5.69 Å². The number of thioether (sulfide) groups is 1. The molecule has 1 aliphatic heterocycles. The summed E-state index contributed by atoms with van der Waals surface area (Å²) in [5.41, 5.74) is 6.28. The van der Waals surface area contributed by atoms with Gasteiger partial charge in [-0.15, -0.1) is 10.2 Å². The van der Waals surface area contributed by atoms with E-state index in [0.29, 0.717) is 29.1 Å². The number of carbonyl (C=O) groups excluding carboxylic acids is 1. The number of nitrogens with zero attached hydrogens (tertiary/aromatic N) is 4. The molecule has 2 heterocycles. The van der Waals surface area contributed by atoms with Crippen LogP contribution in [-0.4, -0.2) is 26.8 Å². The van der Waals surface area contributed by atoms with Gasteiger partial charge in [0.15, 0.2) is 5.69 Å². The fourth-order valence-electron chi connectivity index (χ4n) is 3.96. The van der Waals surface area contributed by atoms with Crippen molar-refractivity contribution < 1.29 is 9.53 Å². The number of amides is 1. The van der Waals surface area contributed by atoms with Crippen LogP contribution >= 0.6 is 11.8 Å². The molecule has 172 valence electrons. The summed E-state index contributed by atoms with van der Waals surface area (Å²) in [6.45, 7) is 12.3. The topological polar surface area (TPSA) is 68.2 Å². The number of aryl methyl sites for hydroxylation is 3. The van der Waals surface area contributed by atoms with Crippen LogP contribution in [0.5, 0.6) is 5.88 Å². The quantitative estimate of drug-likeness (QED) is 0.430. The monoisotopic (exact) mass is 462 g/mol. The maximum absolute atomic E-state index is 13.4. The maximum atomic E-state index is 13.4. The second kappa shape index (κ2) is 9.51. The van der Waals surface area contributed by atoms with Gasteiger partial charge in [-0.2, -0.15) is 4.98 Å². The van der Waals surface area contributed by atoms with Crippen molar-refractivity contribution in [2.75, 3.05) is 10.7 Å². The molecule has 0 radical (unpaired) electrons. The molecule has 0 spiro atoms. The van der Waals surface area contributed by atoms with E-state index in [4.69, 9.17) is 9.72 Å². The largest absolute Gasteiger partial charge is 0.447 e. The third-order valence-corrected chi connectivity index (χ3v) is 6.78. The van der Waals surface area contributed by atoms with Crippen molar-refractivity contribution in [2.45, 2.75) is 59.3 Å². The lowest BCUT2D eigenvalue weighted by molar-refractivity contribution is -0.120. The van der Waals surface area contributed by atoms with E-state index in [-0.39, 0.29) is 5.91 Å². The lowest BCUT2D eigenvalue weighted by atomic mass is 9.99. The number of rotatable bonds is 5. The van der Waals surface area contributed by atoms with E-state index in [1.807, 2.05) is 58.0 Å². The zero-order valence-corrected chi connectivity index (χ0v) is 20.9. The molecule has 1 atom stereocenters. The average molecular weight is 463 g/mol. The normalized spacial score (nSPS) is 15.0. The van der Waals surface area contributed by atoms with Gasteiger partial charge in [0, 0.05) is 23.3 Å². The molecule has 1 aromatic heterocycles. The molecule has 0 saturated carbocycles. The third-order valence-electron chi connectivity index (χ3n) is 5.51. The molecule has 33 heavy (non-hydrogen) atoms. The molecule has 3 aromatic rings. The molecule has 0 fully saturated rings. The molecule has 2 aromatic carbocycles. The summed E-state index contributed by atoms with van der Waals surface area (Å²) >= 11 is 1.56. The molecule has 0 saturated heterocycles. The first-order valence-electron chi connectivity index (χ1n) is 11.3. The van der Waals surface area contributed by atoms with E-state index in [1.165, 1.54) is 0 Å². The predicted molar refractivity (Wildman–Crippen MR) is 133 cm³/mol. The maximum Gasteiger partial charge on any atom is 0.247 e. The molecule has 1 amide bonds. The molecule has 6 nitrogen and oxygen atoms in total. The number of hydrogen-bond acceptors (Lipinski definition) is 6. The highest BCUT2D eigenvalue weighted by atomic mass is 32.2. The van der Waals surface area contributed by atoms with Crippen molar-refractivity contribution >= 4 is 23.4 Å². The summed E-state index contributed by atoms with van der Waals surface area (Å²) in [5.74, 6) is 1.77. The molecule has 0 aliphatic carbocycles. The number of ether oxygens (including phenoxy) is 1. The van der Waals surface area contributed by atoms with Crippen LogP contribution in [0.2, 0.25) is 0 Å². The highest BCUT2D eigenvalue weighted by molar-refractivity contribution is 7.99. The minimum atomic E-state index is -0.654. The van der Waals surface area contributed by atoms with Crippen molar-refractivity contribution in [2.24, 2.45) is 5.92 Å². The van der Waals surface area contributed by atoms with E-state index >= 15 is 0 Å². The van der Waals surface area contributed by atoms with Crippen LogP contribution in [0.25, 0.3) is 11.3 Å². The number of hydrogen-bond donors (Lipinski definition) is 0. The molecule has 1 aliphatic rings. The van der Waals surface area contributed by atoms with Crippen LogP contribution < -0.4 is 9.64 Å². The number of carbonyl (C=O) groups is 1. The Morgan fingerprint density at radius 2 is 1.82 bits per heavy atom. The highest BCUT2D eigenvalue weighted by Crippen LogP contribution is 2.45. The van der Waals surface area contributed by atoms with Crippen LogP contribution in [0, 0.1) is 26.7 Å². The standard InChI is InChI=1S/C26H30N4O2S/c1-7-21(31)30-23-18(6)12-17(5)13-20(23)22-24(27-26(29-28-22)33-14-15(2)3)32-25(30)19-10-8-16(4)9-11-19/h8-13,15,25H,7,14H2,1-6H3/t25-/m0/s1. The van der Waals surface area contributed by atoms with E-state index in [9.17, 15) is 4.79 Å². The highest BCUT2D eigenvalue weighted by Gasteiger charge is 2.36. The van der Waals surface area contributed by atoms with Crippen LogP contribution in [0.15, 0.2) is 41.6 Å². The first-order valence-corrected chi connectivity index (χ1v) is 12.3. The van der Waals surface area contributed by atoms with E-state index in [2.05, 4.69) is 30.1 Å². The predicted octanol–water partition coefficient (Wildman–Crippen LogP) is 6.05. The Bertz CT molecular complexity index is 1180. The fraction of sp³-hybridized carbons (Fsp3) is 0.385. The van der Waals surface area contributed by atoms with Crippen molar-refractivity contribution in [3.63, 3.8) is 0 Å². The van der Waals surface area contributed by atoms with Gasteiger partial charge >= 0.3 is 0 Å². The SMILES string of the molecule is CCC(=O)N1c2c(C)cc(C)cc2-c2nnc(SCC(C)C)nc2O[C@H]1c1ccc(C)cc1. The smallest absolute Gasteiger partial charge is 0.247 e. The van der Waals surface area contributed by atoms with E-state index < -0.39 is 6.23 Å². The number of fused-ring (bicyclic) bond motifs is 3. The minimum absolute atomic E-state index is 0.0241. The summed E-state index contributed by atoms with van der Waals surface area (Å²) in [5, 5.41) is 9.50. The van der Waals surface area contributed by atoms with Crippen LogP contribution in [0.3, 0.4) is 0 Å². The van der Waals surface area contributed by atoms with Gasteiger partial charge in [-0.1, -0.05) is 74.0 Å². The minimum Gasteiger partial charge on any atom is -0.447 e. The van der Waals surface area contributed by atoms with Crippen molar-refractivity contribution in [3.05, 3.63) is 58.7 Å². The number of benzene rings is 2. The Labute approximate surface area is 199 Å².